The van der Waals surface area contributed by atoms with Crippen LogP contribution in [0.2, 0.25) is 0 Å². The van der Waals surface area contributed by atoms with Gasteiger partial charge in [-0.15, -0.1) is 0 Å². The summed E-state index contributed by atoms with van der Waals surface area (Å²) in [6, 6.07) is 16.0. The Bertz CT molecular complexity index is 815. The first kappa shape index (κ1) is 18.5. The molecule has 2 aromatic rings. The van der Waals surface area contributed by atoms with Crippen LogP contribution < -0.4 is 10.8 Å². The summed E-state index contributed by atoms with van der Waals surface area (Å²) in [5, 5.41) is 3.78. The van der Waals surface area contributed by atoms with Gasteiger partial charge in [-0.2, -0.15) is 0 Å². The van der Waals surface area contributed by atoms with Crippen LogP contribution in [-0.2, 0) is 20.8 Å². The van der Waals surface area contributed by atoms with Gasteiger partial charge in [-0.3, -0.25) is 14.2 Å². The molecule has 1 fully saturated rings. The maximum absolute atomic E-state index is 12.8. The lowest BCUT2D eigenvalue weighted by Gasteiger charge is -2.33. The van der Waals surface area contributed by atoms with Crippen molar-refractivity contribution in [2.75, 3.05) is 17.4 Å². The highest BCUT2D eigenvalue weighted by Crippen LogP contribution is 2.50. The Labute approximate surface area is 152 Å². The molecule has 7 nitrogen and oxygen atoms in total. The molecule has 0 bridgehead atoms. The van der Waals surface area contributed by atoms with Gasteiger partial charge in [0.2, 0.25) is 0 Å². The summed E-state index contributed by atoms with van der Waals surface area (Å²) < 4.78 is 12.8. The van der Waals surface area contributed by atoms with E-state index < -0.39 is 19.1 Å². The molecular formula is C18H22N3O4P. The SMILES string of the molecule is Nc1cccc(NP(=O)(O)C2CCCN(OCc3ccccc3)C2=O)c1. The molecule has 0 saturated carbocycles. The number of carbonyl (C=O) groups is 1. The molecule has 1 aliphatic heterocycles. The van der Waals surface area contributed by atoms with Crippen molar-refractivity contribution >= 4 is 24.8 Å². The Hall–Kier alpha value is -2.34. The number of amides is 1. The maximum atomic E-state index is 12.8. The van der Waals surface area contributed by atoms with Crippen molar-refractivity contribution in [1.29, 1.82) is 0 Å². The minimum atomic E-state index is -3.98. The zero-order valence-electron chi connectivity index (χ0n) is 14.2. The molecule has 2 atom stereocenters. The summed E-state index contributed by atoms with van der Waals surface area (Å²) in [5.74, 6) is -0.477. The van der Waals surface area contributed by atoms with Crippen molar-refractivity contribution in [1.82, 2.24) is 5.06 Å². The molecule has 1 aliphatic rings. The van der Waals surface area contributed by atoms with Gasteiger partial charge in [0.25, 0.3) is 5.91 Å². The zero-order valence-corrected chi connectivity index (χ0v) is 15.1. The second-order valence-corrected chi connectivity index (χ2v) is 8.31. The molecular weight excluding hydrogens is 353 g/mol. The van der Waals surface area contributed by atoms with Crippen LogP contribution in [0.5, 0.6) is 0 Å². The summed E-state index contributed by atoms with van der Waals surface area (Å²) in [4.78, 5) is 28.7. The minimum Gasteiger partial charge on any atom is -0.399 e. The van der Waals surface area contributed by atoms with Gasteiger partial charge in [0.1, 0.15) is 12.3 Å². The molecule has 26 heavy (non-hydrogen) atoms. The third kappa shape index (κ3) is 4.43. The van der Waals surface area contributed by atoms with E-state index in [1.54, 1.807) is 24.3 Å². The van der Waals surface area contributed by atoms with E-state index in [9.17, 15) is 14.3 Å². The Morgan fingerprint density at radius 1 is 1.23 bits per heavy atom. The third-order valence-electron chi connectivity index (χ3n) is 4.20. The van der Waals surface area contributed by atoms with E-state index in [0.717, 1.165) is 5.56 Å². The van der Waals surface area contributed by atoms with Gasteiger partial charge in [0.15, 0.2) is 0 Å². The Kier molecular flexibility index (Phi) is 5.61. The van der Waals surface area contributed by atoms with Crippen LogP contribution in [0, 0.1) is 0 Å². The van der Waals surface area contributed by atoms with Crippen LogP contribution in [0.25, 0.3) is 0 Å². The van der Waals surface area contributed by atoms with Crippen LogP contribution in [0.3, 0.4) is 0 Å². The van der Waals surface area contributed by atoms with E-state index in [1.165, 1.54) is 5.06 Å². The van der Waals surface area contributed by atoms with Crippen LogP contribution in [0.15, 0.2) is 54.6 Å². The highest BCUT2D eigenvalue weighted by Gasteiger charge is 2.42. The summed E-state index contributed by atoms with van der Waals surface area (Å²) in [6.45, 7) is 0.637. The standard InChI is InChI=1S/C18H22N3O4P/c19-15-8-4-9-16(12-15)20-26(23,24)17-10-5-11-21(18(17)22)25-13-14-6-2-1-3-7-14/h1-4,6-9,12,17H,5,10-11,13,19H2,(H2,20,23,24). The molecule has 3 rings (SSSR count). The average molecular weight is 375 g/mol. The molecule has 0 radical (unpaired) electrons. The predicted octanol–water partition coefficient (Wildman–Crippen LogP) is 2.99. The normalized spacial score (nSPS) is 19.8. The van der Waals surface area contributed by atoms with Crippen molar-refractivity contribution in [2.45, 2.75) is 25.1 Å². The molecule has 1 heterocycles. The van der Waals surface area contributed by atoms with E-state index in [-0.39, 0.29) is 6.61 Å². The number of benzene rings is 2. The zero-order chi connectivity index (χ0) is 18.6. The van der Waals surface area contributed by atoms with Crippen molar-refractivity contribution in [2.24, 2.45) is 0 Å². The molecule has 2 unspecified atom stereocenters. The fraction of sp³-hybridized carbons (Fsp3) is 0.278. The predicted molar refractivity (Wildman–Crippen MR) is 100 cm³/mol. The fourth-order valence-electron chi connectivity index (χ4n) is 2.88. The molecule has 0 aliphatic carbocycles. The van der Waals surface area contributed by atoms with Crippen LogP contribution >= 0.6 is 7.52 Å². The van der Waals surface area contributed by atoms with Crippen LogP contribution in [-0.4, -0.2) is 28.1 Å². The van der Waals surface area contributed by atoms with Gasteiger partial charge in [-0.25, -0.2) is 5.06 Å². The number of piperidine rings is 1. The highest BCUT2D eigenvalue weighted by atomic mass is 31.2. The Balaban J connectivity index is 1.67. The van der Waals surface area contributed by atoms with E-state index in [2.05, 4.69) is 5.09 Å². The van der Waals surface area contributed by atoms with Crippen LogP contribution in [0.1, 0.15) is 18.4 Å². The van der Waals surface area contributed by atoms with E-state index in [1.807, 2.05) is 30.3 Å². The Morgan fingerprint density at radius 2 is 2.00 bits per heavy atom. The van der Waals surface area contributed by atoms with E-state index in [4.69, 9.17) is 10.6 Å². The molecule has 0 aromatic heterocycles. The summed E-state index contributed by atoms with van der Waals surface area (Å²) in [7, 11) is -3.98. The minimum absolute atomic E-state index is 0.234. The number of nitrogens with one attached hydrogen (secondary N) is 1. The van der Waals surface area contributed by atoms with Gasteiger partial charge < -0.3 is 15.7 Å². The molecule has 138 valence electrons. The number of nitrogens with two attached hydrogens (primary N) is 1. The largest absolute Gasteiger partial charge is 0.399 e. The number of hydrogen-bond acceptors (Lipinski definition) is 4. The van der Waals surface area contributed by atoms with Gasteiger partial charge in [0, 0.05) is 17.9 Å². The van der Waals surface area contributed by atoms with Crippen molar-refractivity contribution < 1.29 is 19.1 Å². The molecule has 4 N–H and O–H groups in total. The van der Waals surface area contributed by atoms with Gasteiger partial charge in [0.05, 0.1) is 0 Å². The fourth-order valence-corrected chi connectivity index (χ4v) is 4.50. The van der Waals surface area contributed by atoms with E-state index in [0.29, 0.717) is 30.8 Å². The number of hydroxylamine groups is 2. The van der Waals surface area contributed by atoms with Crippen LogP contribution in [0.4, 0.5) is 11.4 Å². The molecule has 2 aromatic carbocycles. The molecule has 1 saturated heterocycles. The second-order valence-electron chi connectivity index (χ2n) is 6.22. The number of nitrogens with zero attached hydrogens (tertiary/aromatic N) is 1. The number of carbonyl (C=O) groups excluding carboxylic acids is 1. The van der Waals surface area contributed by atoms with Crippen molar-refractivity contribution in [3.63, 3.8) is 0 Å². The van der Waals surface area contributed by atoms with Gasteiger partial charge in [-0.05, 0) is 36.6 Å². The molecule has 0 spiro atoms. The first-order chi connectivity index (χ1) is 12.5. The third-order valence-corrected chi connectivity index (χ3v) is 6.10. The monoisotopic (exact) mass is 375 g/mol. The number of hydrogen-bond donors (Lipinski definition) is 3. The molecule has 8 heteroatoms. The quantitative estimate of drug-likeness (QED) is 0.530. The summed E-state index contributed by atoms with van der Waals surface area (Å²) in [6.07, 6.45) is 0.918. The number of anilines is 2. The lowest BCUT2D eigenvalue weighted by molar-refractivity contribution is -0.196. The van der Waals surface area contributed by atoms with Gasteiger partial charge in [-0.1, -0.05) is 36.4 Å². The molecule has 1 amide bonds. The second kappa shape index (κ2) is 7.91. The van der Waals surface area contributed by atoms with E-state index >= 15 is 0 Å². The lowest BCUT2D eigenvalue weighted by Crippen LogP contribution is -2.44. The smallest absolute Gasteiger partial charge is 0.303 e. The van der Waals surface area contributed by atoms with Gasteiger partial charge >= 0.3 is 7.52 Å². The number of rotatable bonds is 6. The van der Waals surface area contributed by atoms with Crippen molar-refractivity contribution in [3.8, 4) is 0 Å². The first-order valence-electron chi connectivity index (χ1n) is 8.40. The topological polar surface area (TPSA) is 105 Å². The number of nitrogen functional groups attached to an aromatic ring is 1. The van der Waals surface area contributed by atoms with Crippen molar-refractivity contribution in [3.05, 3.63) is 60.2 Å². The highest BCUT2D eigenvalue weighted by molar-refractivity contribution is 7.61. The average Bonchev–Trinajstić information content (AvgIpc) is 2.61. The lowest BCUT2D eigenvalue weighted by atomic mass is 10.1. The Morgan fingerprint density at radius 3 is 2.73 bits per heavy atom. The summed E-state index contributed by atoms with van der Waals surface area (Å²) >= 11 is 0. The summed E-state index contributed by atoms with van der Waals surface area (Å²) in [5.41, 5.74) is 6.45. The first-order valence-corrected chi connectivity index (χ1v) is 10.1. The maximum Gasteiger partial charge on any atom is 0.303 e.